The second-order valence-electron chi connectivity index (χ2n) is 5.32. The van der Waals surface area contributed by atoms with Gasteiger partial charge in [0.25, 0.3) is 0 Å². The standard InChI is InChI=1S/C17H15N5OS/c23-15(18-10-12-6-2-1-3-7-12)11-24-17-21-20-16-19-13-8-4-5-9-14(13)22(16)17/h1-9H,10-11H2,(H,18,23)(H,19,20). The molecule has 1 amide bonds. The number of aromatic amines is 1. The summed E-state index contributed by atoms with van der Waals surface area (Å²) in [6.07, 6.45) is 0. The molecule has 2 aromatic heterocycles. The number of H-pyrrole nitrogens is 1. The van der Waals surface area contributed by atoms with Gasteiger partial charge in [-0.05, 0) is 17.7 Å². The Bertz CT molecular complexity index is 992. The number of amides is 1. The van der Waals surface area contributed by atoms with E-state index < -0.39 is 0 Å². The van der Waals surface area contributed by atoms with Gasteiger partial charge >= 0.3 is 0 Å². The molecule has 0 radical (unpaired) electrons. The van der Waals surface area contributed by atoms with E-state index >= 15 is 0 Å². The number of hydrogen-bond acceptors (Lipinski definition) is 4. The first kappa shape index (κ1) is 14.8. The Morgan fingerprint density at radius 2 is 1.92 bits per heavy atom. The highest BCUT2D eigenvalue weighted by Crippen LogP contribution is 2.22. The average Bonchev–Trinajstić information content (AvgIpc) is 3.18. The predicted molar refractivity (Wildman–Crippen MR) is 93.9 cm³/mol. The third-order valence-electron chi connectivity index (χ3n) is 3.67. The van der Waals surface area contributed by atoms with E-state index in [1.807, 2.05) is 59.0 Å². The highest BCUT2D eigenvalue weighted by molar-refractivity contribution is 7.99. The molecule has 4 aromatic rings. The fourth-order valence-electron chi connectivity index (χ4n) is 2.52. The molecule has 7 heteroatoms. The number of thioether (sulfide) groups is 1. The molecule has 0 unspecified atom stereocenters. The molecular weight excluding hydrogens is 322 g/mol. The van der Waals surface area contributed by atoms with Crippen molar-refractivity contribution in [2.24, 2.45) is 0 Å². The molecule has 0 saturated carbocycles. The molecule has 2 aromatic carbocycles. The van der Waals surface area contributed by atoms with Crippen LogP contribution in [0.1, 0.15) is 5.56 Å². The number of carbonyl (C=O) groups is 1. The second kappa shape index (κ2) is 6.37. The second-order valence-corrected chi connectivity index (χ2v) is 6.26. The van der Waals surface area contributed by atoms with E-state index in [1.54, 1.807) is 0 Å². The van der Waals surface area contributed by atoms with Crippen LogP contribution in [0.4, 0.5) is 0 Å². The van der Waals surface area contributed by atoms with Gasteiger partial charge in [-0.25, -0.2) is 10.1 Å². The number of nitrogens with one attached hydrogen (secondary N) is 2. The van der Waals surface area contributed by atoms with Crippen LogP contribution >= 0.6 is 11.8 Å². The van der Waals surface area contributed by atoms with Gasteiger partial charge in [0, 0.05) is 6.54 Å². The minimum Gasteiger partial charge on any atom is -0.351 e. The van der Waals surface area contributed by atoms with Crippen LogP contribution in [0.2, 0.25) is 0 Å². The topological polar surface area (TPSA) is 75.1 Å². The lowest BCUT2D eigenvalue weighted by Crippen LogP contribution is -2.24. The normalized spacial score (nSPS) is 11.2. The maximum absolute atomic E-state index is 12.1. The Hall–Kier alpha value is -2.80. The molecular formula is C17H15N5OS. The number of hydrogen-bond donors (Lipinski definition) is 2. The van der Waals surface area contributed by atoms with Crippen LogP contribution in [0.5, 0.6) is 0 Å². The van der Waals surface area contributed by atoms with Crippen LogP contribution in [0.3, 0.4) is 0 Å². The molecule has 4 rings (SSSR count). The molecule has 0 fully saturated rings. The first-order valence-electron chi connectivity index (χ1n) is 7.56. The number of imidazole rings is 1. The Morgan fingerprint density at radius 1 is 1.12 bits per heavy atom. The largest absolute Gasteiger partial charge is 0.351 e. The average molecular weight is 337 g/mol. The van der Waals surface area contributed by atoms with Gasteiger partial charge in [-0.2, -0.15) is 0 Å². The van der Waals surface area contributed by atoms with Gasteiger partial charge in [-0.15, -0.1) is 5.10 Å². The molecule has 0 aliphatic rings. The van der Waals surface area contributed by atoms with Crippen molar-refractivity contribution < 1.29 is 4.79 Å². The first-order chi connectivity index (χ1) is 11.8. The predicted octanol–water partition coefficient (Wildman–Crippen LogP) is 2.62. The summed E-state index contributed by atoms with van der Waals surface area (Å²) >= 11 is 1.39. The van der Waals surface area contributed by atoms with Gasteiger partial charge in [0.1, 0.15) is 0 Å². The maximum atomic E-state index is 12.1. The molecule has 0 spiro atoms. The van der Waals surface area contributed by atoms with Crippen molar-refractivity contribution in [3.05, 3.63) is 60.2 Å². The van der Waals surface area contributed by atoms with Crippen LogP contribution in [0, 0.1) is 0 Å². The van der Waals surface area contributed by atoms with Crippen LogP contribution in [-0.2, 0) is 11.3 Å². The van der Waals surface area contributed by atoms with Gasteiger partial charge in [0.15, 0.2) is 5.16 Å². The van der Waals surface area contributed by atoms with Gasteiger partial charge in [-0.1, -0.05) is 54.2 Å². The molecule has 0 bridgehead atoms. The fourth-order valence-corrected chi connectivity index (χ4v) is 3.30. The lowest BCUT2D eigenvalue weighted by Gasteiger charge is -2.04. The fraction of sp³-hybridized carbons (Fsp3) is 0.118. The SMILES string of the molecule is O=C(CSc1n[nH]c2nc3ccccc3n12)NCc1ccccc1. The minimum atomic E-state index is -0.0237. The molecule has 0 aliphatic heterocycles. The maximum Gasteiger partial charge on any atom is 0.231 e. The van der Waals surface area contributed by atoms with Crippen molar-refractivity contribution in [2.75, 3.05) is 5.75 Å². The summed E-state index contributed by atoms with van der Waals surface area (Å²) in [5, 5.41) is 10.8. The van der Waals surface area contributed by atoms with Crippen LogP contribution in [-0.4, -0.2) is 31.2 Å². The summed E-state index contributed by atoms with van der Waals surface area (Å²) < 4.78 is 1.93. The summed E-state index contributed by atoms with van der Waals surface area (Å²) in [5.74, 6) is 0.965. The highest BCUT2D eigenvalue weighted by Gasteiger charge is 2.13. The molecule has 6 nitrogen and oxygen atoms in total. The molecule has 0 aliphatic carbocycles. The van der Waals surface area contributed by atoms with Crippen molar-refractivity contribution in [3.63, 3.8) is 0 Å². The smallest absolute Gasteiger partial charge is 0.231 e. The van der Waals surface area contributed by atoms with E-state index in [1.165, 1.54) is 11.8 Å². The molecule has 2 heterocycles. The Morgan fingerprint density at radius 3 is 2.79 bits per heavy atom. The first-order valence-corrected chi connectivity index (χ1v) is 8.55. The number of aromatic nitrogens is 4. The molecule has 120 valence electrons. The number of rotatable bonds is 5. The van der Waals surface area contributed by atoms with Gasteiger partial charge in [0.05, 0.1) is 16.8 Å². The number of benzene rings is 2. The lowest BCUT2D eigenvalue weighted by molar-refractivity contribution is -0.118. The quantitative estimate of drug-likeness (QED) is 0.549. The molecule has 0 atom stereocenters. The lowest BCUT2D eigenvalue weighted by atomic mass is 10.2. The molecule has 2 N–H and O–H groups in total. The third-order valence-corrected chi connectivity index (χ3v) is 4.61. The number of fused-ring (bicyclic) bond motifs is 3. The van der Waals surface area contributed by atoms with Crippen molar-refractivity contribution in [3.8, 4) is 0 Å². The van der Waals surface area contributed by atoms with Crippen molar-refractivity contribution in [1.29, 1.82) is 0 Å². The molecule has 24 heavy (non-hydrogen) atoms. The highest BCUT2D eigenvalue weighted by atomic mass is 32.2. The Kier molecular flexibility index (Phi) is 3.92. The summed E-state index contributed by atoms with van der Waals surface area (Å²) in [5.41, 5.74) is 2.97. The van der Waals surface area contributed by atoms with E-state index in [4.69, 9.17) is 0 Å². The zero-order valence-corrected chi connectivity index (χ0v) is 13.6. The van der Waals surface area contributed by atoms with Crippen molar-refractivity contribution in [1.82, 2.24) is 24.9 Å². The Balaban J connectivity index is 1.44. The third kappa shape index (κ3) is 2.85. The van der Waals surface area contributed by atoms with Crippen LogP contribution in [0.25, 0.3) is 16.8 Å². The zero-order valence-electron chi connectivity index (χ0n) is 12.8. The summed E-state index contributed by atoms with van der Waals surface area (Å²) in [6.45, 7) is 0.532. The minimum absolute atomic E-state index is 0.0237. The Labute approximate surface area is 142 Å². The number of nitrogens with zero attached hydrogens (tertiary/aromatic N) is 3. The van der Waals surface area contributed by atoms with Gasteiger partial charge in [-0.3, -0.25) is 9.20 Å². The van der Waals surface area contributed by atoms with Gasteiger partial charge < -0.3 is 5.32 Å². The van der Waals surface area contributed by atoms with Crippen molar-refractivity contribution >= 4 is 34.5 Å². The number of para-hydroxylation sites is 2. The monoisotopic (exact) mass is 337 g/mol. The zero-order chi connectivity index (χ0) is 16.4. The summed E-state index contributed by atoms with van der Waals surface area (Å²) in [6, 6.07) is 17.7. The van der Waals surface area contributed by atoms with Crippen molar-refractivity contribution in [2.45, 2.75) is 11.7 Å². The van der Waals surface area contributed by atoms with E-state index in [2.05, 4.69) is 20.5 Å². The van der Waals surface area contributed by atoms with Gasteiger partial charge in [0.2, 0.25) is 11.7 Å². The number of carbonyl (C=O) groups excluding carboxylic acids is 1. The summed E-state index contributed by atoms with van der Waals surface area (Å²) in [7, 11) is 0. The van der Waals surface area contributed by atoms with Crippen LogP contribution in [0.15, 0.2) is 59.8 Å². The molecule has 0 saturated heterocycles. The van der Waals surface area contributed by atoms with E-state index in [0.29, 0.717) is 18.1 Å². The van der Waals surface area contributed by atoms with E-state index in [9.17, 15) is 4.79 Å². The van der Waals surface area contributed by atoms with E-state index in [-0.39, 0.29) is 5.91 Å². The van der Waals surface area contributed by atoms with E-state index in [0.717, 1.165) is 21.8 Å². The summed E-state index contributed by atoms with van der Waals surface area (Å²) in [4.78, 5) is 16.5. The van der Waals surface area contributed by atoms with Crippen LogP contribution < -0.4 is 5.32 Å².